The van der Waals surface area contributed by atoms with Crippen LogP contribution in [0.15, 0.2) is 0 Å². The zero-order valence-electron chi connectivity index (χ0n) is 11.2. The first-order valence-electron chi connectivity index (χ1n) is 6.17. The van der Waals surface area contributed by atoms with Crippen LogP contribution in [0.1, 0.15) is 27.7 Å². The summed E-state index contributed by atoms with van der Waals surface area (Å²) in [6, 6.07) is 0. The summed E-state index contributed by atoms with van der Waals surface area (Å²) >= 11 is 0. The van der Waals surface area contributed by atoms with Crippen LogP contribution in [0, 0.1) is 0 Å². The first-order chi connectivity index (χ1) is 7.91. The summed E-state index contributed by atoms with van der Waals surface area (Å²) in [6.45, 7) is 10.4. The van der Waals surface area contributed by atoms with E-state index >= 15 is 0 Å². The summed E-state index contributed by atoms with van der Waals surface area (Å²) in [4.78, 5) is 2.08. The molecule has 1 heterocycles. The van der Waals surface area contributed by atoms with Gasteiger partial charge in [0.25, 0.3) is 0 Å². The maximum Gasteiger partial charge on any atom is 0.345 e. The van der Waals surface area contributed by atoms with Gasteiger partial charge in [0.2, 0.25) is 0 Å². The van der Waals surface area contributed by atoms with Crippen LogP contribution in [-0.4, -0.2) is 49.7 Å². The molecule has 0 bridgehead atoms. The molecule has 5 nitrogen and oxygen atoms in total. The van der Waals surface area contributed by atoms with Crippen LogP contribution in [0.2, 0.25) is 0 Å². The Morgan fingerprint density at radius 3 is 2.00 bits per heavy atom. The molecule has 0 aromatic rings. The molecule has 1 saturated heterocycles. The highest BCUT2D eigenvalue weighted by molar-refractivity contribution is 7.53. The van der Waals surface area contributed by atoms with Crippen molar-refractivity contribution >= 4 is 7.60 Å². The molecule has 0 aromatic heterocycles. The fourth-order valence-electron chi connectivity index (χ4n) is 1.72. The summed E-state index contributed by atoms with van der Waals surface area (Å²) in [5.74, 6) is 0. The van der Waals surface area contributed by atoms with Crippen LogP contribution in [-0.2, 0) is 18.3 Å². The largest absolute Gasteiger partial charge is 0.379 e. The average Bonchev–Trinajstić information content (AvgIpc) is 2.15. The van der Waals surface area contributed by atoms with Crippen molar-refractivity contribution in [2.24, 2.45) is 0 Å². The zero-order chi connectivity index (χ0) is 12.9. The quantitative estimate of drug-likeness (QED) is 0.690. The van der Waals surface area contributed by atoms with E-state index in [1.807, 2.05) is 27.7 Å². The van der Waals surface area contributed by atoms with Crippen LogP contribution in [0.4, 0.5) is 0 Å². The summed E-state index contributed by atoms with van der Waals surface area (Å²) in [5, 5.41) is 0. The monoisotopic (exact) mass is 265 g/mol. The van der Waals surface area contributed by atoms with Crippen LogP contribution in [0.3, 0.4) is 0 Å². The molecular weight excluding hydrogens is 241 g/mol. The minimum absolute atomic E-state index is 0.0966. The predicted molar refractivity (Wildman–Crippen MR) is 67.3 cm³/mol. The lowest BCUT2D eigenvalue weighted by atomic mass is 10.5. The van der Waals surface area contributed by atoms with Gasteiger partial charge in [-0.2, -0.15) is 0 Å². The molecule has 0 amide bonds. The van der Waals surface area contributed by atoms with Crippen molar-refractivity contribution in [1.82, 2.24) is 4.90 Å². The van der Waals surface area contributed by atoms with Crippen molar-refractivity contribution in [3.8, 4) is 0 Å². The molecule has 1 rings (SSSR count). The number of rotatable bonds is 6. The highest BCUT2D eigenvalue weighted by Gasteiger charge is 2.31. The van der Waals surface area contributed by atoms with Crippen molar-refractivity contribution in [2.75, 3.05) is 32.6 Å². The molecule has 0 saturated carbocycles. The molecule has 6 heteroatoms. The second kappa shape index (κ2) is 6.86. The van der Waals surface area contributed by atoms with Crippen molar-refractivity contribution in [3.63, 3.8) is 0 Å². The van der Waals surface area contributed by atoms with Gasteiger partial charge in [0, 0.05) is 13.1 Å². The molecule has 0 unspecified atom stereocenters. The number of ether oxygens (including phenoxy) is 1. The molecule has 102 valence electrons. The molecule has 1 fully saturated rings. The molecule has 0 aromatic carbocycles. The number of nitrogens with zero attached hydrogens (tertiary/aromatic N) is 1. The van der Waals surface area contributed by atoms with Crippen molar-refractivity contribution in [2.45, 2.75) is 39.9 Å². The summed E-state index contributed by atoms with van der Waals surface area (Å²) in [7, 11) is -3.03. The van der Waals surface area contributed by atoms with Crippen LogP contribution >= 0.6 is 7.60 Å². The molecule has 1 aliphatic rings. The Bertz CT molecular complexity index is 250. The highest BCUT2D eigenvalue weighted by atomic mass is 31.2. The first-order valence-corrected chi connectivity index (χ1v) is 7.90. The van der Waals surface area contributed by atoms with E-state index < -0.39 is 7.60 Å². The number of hydrogen-bond acceptors (Lipinski definition) is 5. The molecule has 0 aliphatic carbocycles. The van der Waals surface area contributed by atoms with Gasteiger partial charge in [0.1, 0.15) is 6.29 Å². The van der Waals surface area contributed by atoms with E-state index in [4.69, 9.17) is 13.8 Å². The van der Waals surface area contributed by atoms with E-state index in [1.165, 1.54) is 0 Å². The Labute approximate surface area is 104 Å². The lowest BCUT2D eigenvalue weighted by Crippen LogP contribution is -2.37. The van der Waals surface area contributed by atoms with Crippen LogP contribution < -0.4 is 0 Å². The van der Waals surface area contributed by atoms with E-state index in [0.717, 1.165) is 13.1 Å². The second-order valence-corrected chi connectivity index (χ2v) is 6.72. The van der Waals surface area contributed by atoms with E-state index in [9.17, 15) is 4.57 Å². The fourth-order valence-corrected chi connectivity index (χ4v) is 3.96. The van der Waals surface area contributed by atoms with Crippen LogP contribution in [0.5, 0.6) is 0 Å². The van der Waals surface area contributed by atoms with Gasteiger partial charge in [-0.15, -0.1) is 0 Å². The molecule has 0 N–H and O–H groups in total. The average molecular weight is 265 g/mol. The SMILES string of the molecule is CC(C)OP(=O)(CN1CCOCC1)OC(C)C. The Kier molecular flexibility index (Phi) is 6.10. The number of morpholine rings is 1. The van der Waals surface area contributed by atoms with Crippen molar-refractivity contribution in [3.05, 3.63) is 0 Å². The first kappa shape index (κ1) is 15.1. The Morgan fingerprint density at radius 1 is 1.12 bits per heavy atom. The van der Waals surface area contributed by atoms with Crippen molar-refractivity contribution < 1.29 is 18.3 Å². The smallest absolute Gasteiger partial charge is 0.345 e. The van der Waals surface area contributed by atoms with E-state index in [2.05, 4.69) is 4.90 Å². The number of hydrogen-bond donors (Lipinski definition) is 0. The Morgan fingerprint density at radius 2 is 1.59 bits per heavy atom. The summed E-state index contributed by atoms with van der Waals surface area (Å²) in [6.07, 6.45) is 0.161. The highest BCUT2D eigenvalue weighted by Crippen LogP contribution is 2.50. The fraction of sp³-hybridized carbons (Fsp3) is 1.00. The standard InChI is InChI=1S/C11H24NO4P/c1-10(2)15-17(13,16-11(3)4)9-12-5-7-14-8-6-12/h10-11H,5-9H2,1-4H3. The van der Waals surface area contributed by atoms with E-state index in [-0.39, 0.29) is 12.2 Å². The van der Waals surface area contributed by atoms with Crippen LogP contribution in [0.25, 0.3) is 0 Å². The minimum atomic E-state index is -3.03. The summed E-state index contributed by atoms with van der Waals surface area (Å²) < 4.78 is 28.8. The van der Waals surface area contributed by atoms with Gasteiger partial charge < -0.3 is 13.8 Å². The predicted octanol–water partition coefficient (Wildman–Crippen LogP) is 2.32. The van der Waals surface area contributed by atoms with Gasteiger partial charge in [0.05, 0.1) is 25.4 Å². The van der Waals surface area contributed by atoms with Gasteiger partial charge in [0.15, 0.2) is 0 Å². The van der Waals surface area contributed by atoms with Gasteiger partial charge in [-0.25, -0.2) is 0 Å². The Hall–Kier alpha value is 0.0700. The maximum absolute atomic E-state index is 12.6. The van der Waals surface area contributed by atoms with E-state index in [1.54, 1.807) is 0 Å². The maximum atomic E-state index is 12.6. The molecule has 1 aliphatic heterocycles. The summed E-state index contributed by atoms with van der Waals surface area (Å²) in [5.41, 5.74) is 0. The van der Waals surface area contributed by atoms with Gasteiger partial charge in [-0.05, 0) is 27.7 Å². The van der Waals surface area contributed by atoms with Gasteiger partial charge >= 0.3 is 7.60 Å². The Balaban J connectivity index is 2.58. The second-order valence-electron chi connectivity index (χ2n) is 4.79. The molecule has 17 heavy (non-hydrogen) atoms. The topological polar surface area (TPSA) is 48.0 Å². The normalized spacial score (nSPS) is 19.2. The van der Waals surface area contributed by atoms with Gasteiger partial charge in [-0.1, -0.05) is 0 Å². The van der Waals surface area contributed by atoms with Gasteiger partial charge in [-0.3, -0.25) is 9.46 Å². The van der Waals surface area contributed by atoms with Crippen molar-refractivity contribution in [1.29, 1.82) is 0 Å². The third-order valence-corrected chi connectivity index (χ3v) is 4.45. The minimum Gasteiger partial charge on any atom is -0.379 e. The molecule has 0 radical (unpaired) electrons. The molecular formula is C11H24NO4P. The lowest BCUT2D eigenvalue weighted by molar-refractivity contribution is 0.0394. The molecule has 0 atom stereocenters. The molecule has 0 spiro atoms. The lowest BCUT2D eigenvalue weighted by Gasteiger charge is -2.31. The zero-order valence-corrected chi connectivity index (χ0v) is 12.1. The third kappa shape index (κ3) is 5.98. The third-order valence-electron chi connectivity index (χ3n) is 2.22. The van der Waals surface area contributed by atoms with E-state index in [0.29, 0.717) is 19.5 Å².